The lowest BCUT2D eigenvalue weighted by Crippen LogP contribution is -2.07. The Balaban J connectivity index is 0.000000618. The van der Waals surface area contributed by atoms with Crippen LogP contribution in [0.15, 0.2) is 24.3 Å². The Morgan fingerprint density at radius 3 is 1.25 bits per heavy atom. The standard InChI is InChI=1S/C14H26O4.C10H10O4/c1-3-5-11-17-13(15)9-7-8-10-14(16)18-12-6-4-2;1-13-9(11)7-3-5-8(6-4-7)10(12)14-2/h3-12H2,1-2H3;3-6H,1-2H3. The highest BCUT2D eigenvalue weighted by Crippen LogP contribution is 2.07. The predicted octanol–water partition coefficient (Wildman–Crippen LogP) is 4.49. The predicted molar refractivity (Wildman–Crippen MR) is 119 cm³/mol. The molecule has 0 aliphatic heterocycles. The van der Waals surface area contributed by atoms with E-state index in [0.717, 1.165) is 25.7 Å². The number of benzene rings is 1. The van der Waals surface area contributed by atoms with E-state index < -0.39 is 11.9 Å². The van der Waals surface area contributed by atoms with Gasteiger partial charge in [-0.15, -0.1) is 0 Å². The van der Waals surface area contributed by atoms with Crippen LogP contribution in [0.3, 0.4) is 0 Å². The van der Waals surface area contributed by atoms with Crippen molar-refractivity contribution in [3.63, 3.8) is 0 Å². The summed E-state index contributed by atoms with van der Waals surface area (Å²) in [5.74, 6) is -1.19. The van der Waals surface area contributed by atoms with Gasteiger partial charge >= 0.3 is 23.9 Å². The van der Waals surface area contributed by atoms with Gasteiger partial charge < -0.3 is 18.9 Å². The molecule has 180 valence electrons. The van der Waals surface area contributed by atoms with Crippen LogP contribution in [0, 0.1) is 0 Å². The fourth-order valence-corrected chi connectivity index (χ4v) is 2.32. The average molecular weight is 453 g/mol. The topological polar surface area (TPSA) is 105 Å². The molecule has 0 bridgehead atoms. The highest BCUT2D eigenvalue weighted by Gasteiger charge is 2.08. The van der Waals surface area contributed by atoms with Gasteiger partial charge in [-0.25, -0.2) is 9.59 Å². The smallest absolute Gasteiger partial charge is 0.337 e. The third-order valence-corrected chi connectivity index (χ3v) is 4.26. The first-order valence-corrected chi connectivity index (χ1v) is 11.0. The quantitative estimate of drug-likeness (QED) is 0.245. The van der Waals surface area contributed by atoms with Crippen LogP contribution >= 0.6 is 0 Å². The first-order chi connectivity index (χ1) is 15.4. The van der Waals surface area contributed by atoms with Crippen LogP contribution in [0.2, 0.25) is 0 Å². The van der Waals surface area contributed by atoms with Crippen LogP contribution in [-0.2, 0) is 28.5 Å². The van der Waals surface area contributed by atoms with Crippen LogP contribution in [0.4, 0.5) is 0 Å². The first kappa shape index (κ1) is 29.1. The first-order valence-electron chi connectivity index (χ1n) is 11.0. The minimum absolute atomic E-state index is 0.164. The van der Waals surface area contributed by atoms with Gasteiger partial charge in [0.1, 0.15) is 0 Å². The summed E-state index contributed by atoms with van der Waals surface area (Å²) in [7, 11) is 2.60. The van der Waals surface area contributed by atoms with Gasteiger partial charge in [-0.2, -0.15) is 0 Å². The molecule has 32 heavy (non-hydrogen) atoms. The zero-order valence-corrected chi connectivity index (χ0v) is 19.6. The number of carbonyl (C=O) groups is 4. The van der Waals surface area contributed by atoms with E-state index in [9.17, 15) is 19.2 Å². The Morgan fingerprint density at radius 2 is 0.969 bits per heavy atom. The molecule has 0 fully saturated rings. The van der Waals surface area contributed by atoms with Gasteiger partial charge in [0.15, 0.2) is 0 Å². The lowest BCUT2D eigenvalue weighted by atomic mass is 10.1. The van der Waals surface area contributed by atoms with Crippen LogP contribution in [0.5, 0.6) is 0 Å². The SMILES string of the molecule is CCCCOC(=O)CCCCC(=O)OCCCC.COC(=O)c1ccc(C(=O)OC)cc1. The van der Waals surface area contributed by atoms with E-state index in [-0.39, 0.29) is 11.9 Å². The molecule has 0 amide bonds. The molecular formula is C24H36O8. The zero-order valence-electron chi connectivity index (χ0n) is 19.6. The summed E-state index contributed by atoms with van der Waals surface area (Å²) in [6.45, 7) is 5.12. The normalized spacial score (nSPS) is 9.75. The number of methoxy groups -OCH3 is 2. The molecular weight excluding hydrogens is 416 g/mol. The summed E-state index contributed by atoms with van der Waals surface area (Å²) in [4.78, 5) is 44.5. The number of rotatable bonds is 13. The van der Waals surface area contributed by atoms with Crippen LogP contribution < -0.4 is 0 Å². The van der Waals surface area contributed by atoms with Gasteiger partial charge in [-0.3, -0.25) is 9.59 Å². The molecule has 0 spiro atoms. The van der Waals surface area contributed by atoms with Crippen molar-refractivity contribution in [1.29, 1.82) is 0 Å². The molecule has 0 N–H and O–H groups in total. The Hall–Kier alpha value is -2.90. The summed E-state index contributed by atoms with van der Waals surface area (Å²) >= 11 is 0. The van der Waals surface area contributed by atoms with Gasteiger partial charge in [0.25, 0.3) is 0 Å². The van der Waals surface area contributed by atoms with Crippen molar-refractivity contribution >= 4 is 23.9 Å². The van der Waals surface area contributed by atoms with Gasteiger partial charge in [0.05, 0.1) is 38.6 Å². The number of carbonyl (C=O) groups excluding carboxylic acids is 4. The molecule has 0 saturated heterocycles. The molecule has 8 heteroatoms. The summed E-state index contributed by atoms with van der Waals surface area (Å²) in [5.41, 5.74) is 0.806. The Bertz CT molecular complexity index is 623. The molecule has 0 aliphatic rings. The molecule has 1 aromatic carbocycles. The maximum absolute atomic E-state index is 11.2. The molecule has 0 unspecified atom stereocenters. The van der Waals surface area contributed by atoms with Gasteiger partial charge in [-0.05, 0) is 49.9 Å². The molecule has 0 aliphatic carbocycles. The van der Waals surface area contributed by atoms with Gasteiger partial charge in [0, 0.05) is 12.8 Å². The minimum atomic E-state index is -0.429. The highest BCUT2D eigenvalue weighted by atomic mass is 16.5. The van der Waals surface area contributed by atoms with Gasteiger partial charge in [-0.1, -0.05) is 26.7 Å². The molecule has 1 rings (SSSR count). The highest BCUT2D eigenvalue weighted by molar-refractivity contribution is 5.93. The summed E-state index contributed by atoms with van der Waals surface area (Å²) in [6.07, 6.45) is 6.04. The van der Waals surface area contributed by atoms with Crippen molar-refractivity contribution in [3.05, 3.63) is 35.4 Å². The van der Waals surface area contributed by atoms with E-state index in [1.807, 2.05) is 0 Å². The molecule has 0 atom stereocenters. The van der Waals surface area contributed by atoms with E-state index >= 15 is 0 Å². The number of esters is 4. The van der Waals surface area contributed by atoms with E-state index in [2.05, 4.69) is 23.3 Å². The van der Waals surface area contributed by atoms with Crippen molar-refractivity contribution in [2.45, 2.75) is 65.2 Å². The minimum Gasteiger partial charge on any atom is -0.466 e. The largest absolute Gasteiger partial charge is 0.466 e. The second-order valence-electron chi connectivity index (χ2n) is 6.92. The van der Waals surface area contributed by atoms with Crippen LogP contribution in [-0.4, -0.2) is 51.3 Å². The molecule has 0 aromatic heterocycles. The summed E-state index contributed by atoms with van der Waals surface area (Å²) in [5, 5.41) is 0. The number of hydrogen-bond acceptors (Lipinski definition) is 8. The van der Waals surface area contributed by atoms with Crippen LogP contribution in [0.1, 0.15) is 85.9 Å². The number of hydrogen-bond donors (Lipinski definition) is 0. The Morgan fingerprint density at radius 1 is 0.625 bits per heavy atom. The third-order valence-electron chi connectivity index (χ3n) is 4.26. The maximum Gasteiger partial charge on any atom is 0.337 e. The second kappa shape index (κ2) is 18.8. The van der Waals surface area contributed by atoms with Crippen molar-refractivity contribution in [2.24, 2.45) is 0 Å². The molecule has 0 heterocycles. The Kier molecular flexibility index (Phi) is 17.1. The van der Waals surface area contributed by atoms with Crippen molar-refractivity contribution < 1.29 is 38.1 Å². The van der Waals surface area contributed by atoms with E-state index in [0.29, 0.717) is 50.0 Å². The fraction of sp³-hybridized carbons (Fsp3) is 0.583. The molecule has 8 nitrogen and oxygen atoms in total. The molecule has 1 aromatic rings. The average Bonchev–Trinajstić information content (AvgIpc) is 2.81. The fourth-order valence-electron chi connectivity index (χ4n) is 2.32. The number of ether oxygens (including phenoxy) is 4. The van der Waals surface area contributed by atoms with E-state index in [4.69, 9.17) is 9.47 Å². The monoisotopic (exact) mass is 452 g/mol. The maximum atomic E-state index is 11.2. The lowest BCUT2D eigenvalue weighted by molar-refractivity contribution is -0.146. The number of unbranched alkanes of at least 4 members (excludes halogenated alkanes) is 3. The van der Waals surface area contributed by atoms with Gasteiger partial charge in [0.2, 0.25) is 0 Å². The second-order valence-corrected chi connectivity index (χ2v) is 6.92. The molecule has 0 saturated carbocycles. The van der Waals surface area contributed by atoms with Crippen LogP contribution in [0.25, 0.3) is 0 Å². The zero-order chi connectivity index (χ0) is 24.2. The summed E-state index contributed by atoms with van der Waals surface area (Å²) in [6, 6.07) is 6.05. The van der Waals surface area contributed by atoms with Crippen molar-refractivity contribution in [1.82, 2.24) is 0 Å². The Labute approximate surface area is 190 Å². The third kappa shape index (κ3) is 14.2. The van der Waals surface area contributed by atoms with E-state index in [1.165, 1.54) is 38.5 Å². The van der Waals surface area contributed by atoms with Crippen molar-refractivity contribution in [2.75, 3.05) is 27.4 Å². The van der Waals surface area contributed by atoms with E-state index in [1.54, 1.807) is 0 Å². The lowest BCUT2D eigenvalue weighted by Gasteiger charge is -2.04. The van der Waals surface area contributed by atoms with Crippen molar-refractivity contribution in [3.8, 4) is 0 Å². The molecule has 0 radical (unpaired) electrons. The summed E-state index contributed by atoms with van der Waals surface area (Å²) < 4.78 is 19.0.